The quantitative estimate of drug-likeness (QED) is 0.237. The van der Waals surface area contributed by atoms with Gasteiger partial charge in [-0.25, -0.2) is 23.5 Å². The summed E-state index contributed by atoms with van der Waals surface area (Å²) in [5.74, 6) is -0.402. The molecule has 1 aliphatic heterocycles. The molecule has 2 aliphatic rings. The van der Waals surface area contributed by atoms with Crippen molar-refractivity contribution < 1.29 is 32.6 Å². The molecule has 7 rings (SSSR count). The molecule has 2 aromatic carbocycles. The molecule has 214 valence electrons. The molecule has 0 radical (unpaired) electrons. The van der Waals surface area contributed by atoms with Gasteiger partial charge in [-0.1, -0.05) is 6.07 Å². The summed E-state index contributed by atoms with van der Waals surface area (Å²) in [6, 6.07) is 11.7. The fourth-order valence-corrected chi connectivity index (χ4v) is 4.97. The predicted octanol–water partition coefficient (Wildman–Crippen LogP) is 5.29. The molecular weight excluding hydrogens is 548 g/mol. The molecular formula is C30H25F2N5O5. The molecule has 0 amide bonds. The van der Waals surface area contributed by atoms with Crippen LogP contribution in [0.25, 0.3) is 22.3 Å². The first-order valence-corrected chi connectivity index (χ1v) is 13.7. The van der Waals surface area contributed by atoms with E-state index in [9.17, 15) is 9.90 Å². The standard InChI is InChI=1S/C30H25F2N5O5/c31-21-13-20(23-2-1-3-27(34-23)41-15-28-35-36-29(42-28)16-4-5-16)22(32)10-18(21)12-26-33-24-7-6-17(30(38)39)11-25(24)37(26)14-19-8-9-40-19/h1-3,6-7,10-11,13,16,19H,4-5,8-9,12,14-15H2,(H,38,39). The van der Waals surface area contributed by atoms with Crippen LogP contribution in [-0.2, 0) is 24.3 Å². The Hall–Kier alpha value is -4.71. The Morgan fingerprint density at radius 1 is 1.05 bits per heavy atom. The monoisotopic (exact) mass is 573 g/mol. The summed E-state index contributed by atoms with van der Waals surface area (Å²) < 4.78 is 49.5. The van der Waals surface area contributed by atoms with E-state index >= 15 is 8.78 Å². The van der Waals surface area contributed by atoms with Crippen LogP contribution in [0.4, 0.5) is 8.78 Å². The van der Waals surface area contributed by atoms with Crippen LogP contribution in [0.1, 0.15) is 58.7 Å². The second-order valence-electron chi connectivity index (χ2n) is 10.5. The zero-order valence-corrected chi connectivity index (χ0v) is 22.3. The van der Waals surface area contributed by atoms with Gasteiger partial charge in [-0.2, -0.15) is 0 Å². The van der Waals surface area contributed by atoms with Crippen molar-refractivity contribution in [3.8, 4) is 17.1 Å². The van der Waals surface area contributed by atoms with Crippen molar-refractivity contribution in [2.24, 2.45) is 0 Å². The highest BCUT2D eigenvalue weighted by Crippen LogP contribution is 2.39. The van der Waals surface area contributed by atoms with Gasteiger partial charge in [-0.15, -0.1) is 10.2 Å². The summed E-state index contributed by atoms with van der Waals surface area (Å²) in [6.45, 7) is 1.08. The Kier molecular flexibility index (Phi) is 6.62. The van der Waals surface area contributed by atoms with Crippen molar-refractivity contribution in [1.29, 1.82) is 0 Å². The van der Waals surface area contributed by atoms with Crippen LogP contribution in [-0.4, -0.2) is 48.5 Å². The van der Waals surface area contributed by atoms with Gasteiger partial charge in [0.25, 0.3) is 5.89 Å². The van der Waals surface area contributed by atoms with E-state index in [1.165, 1.54) is 12.1 Å². The number of aromatic carboxylic acids is 1. The van der Waals surface area contributed by atoms with Gasteiger partial charge in [-0.3, -0.25) is 0 Å². The maximum atomic E-state index is 15.4. The lowest BCUT2D eigenvalue weighted by Gasteiger charge is -2.27. The summed E-state index contributed by atoms with van der Waals surface area (Å²) in [5.41, 5.74) is 1.58. The number of hydrogen-bond acceptors (Lipinski definition) is 8. The van der Waals surface area contributed by atoms with Crippen LogP contribution in [0.15, 0.2) is 52.9 Å². The lowest BCUT2D eigenvalue weighted by atomic mass is 10.0. The van der Waals surface area contributed by atoms with Crippen LogP contribution >= 0.6 is 0 Å². The van der Waals surface area contributed by atoms with Gasteiger partial charge >= 0.3 is 5.97 Å². The average Bonchev–Trinajstić information content (AvgIpc) is 3.60. The second-order valence-corrected chi connectivity index (χ2v) is 10.5. The molecule has 10 nitrogen and oxygen atoms in total. The molecule has 1 saturated carbocycles. The van der Waals surface area contributed by atoms with E-state index in [-0.39, 0.29) is 47.4 Å². The summed E-state index contributed by atoms with van der Waals surface area (Å²) >= 11 is 0. The molecule has 1 aliphatic carbocycles. The van der Waals surface area contributed by atoms with Gasteiger partial charge in [-0.05, 0) is 61.2 Å². The van der Waals surface area contributed by atoms with Gasteiger partial charge in [0.05, 0.1) is 34.9 Å². The van der Waals surface area contributed by atoms with Crippen LogP contribution in [0, 0.1) is 11.6 Å². The molecule has 12 heteroatoms. The van der Waals surface area contributed by atoms with Crippen molar-refractivity contribution in [3.63, 3.8) is 0 Å². The number of fused-ring (bicyclic) bond motifs is 1. The number of carboxylic acid groups (broad SMARTS) is 1. The fraction of sp³-hybridized carbons (Fsp3) is 0.300. The number of ether oxygens (including phenoxy) is 2. The minimum Gasteiger partial charge on any atom is -0.478 e. The Morgan fingerprint density at radius 3 is 2.67 bits per heavy atom. The minimum atomic E-state index is -1.06. The van der Waals surface area contributed by atoms with Crippen molar-refractivity contribution >= 4 is 17.0 Å². The third kappa shape index (κ3) is 5.20. The van der Waals surface area contributed by atoms with Gasteiger partial charge in [0.2, 0.25) is 11.8 Å². The van der Waals surface area contributed by atoms with E-state index in [2.05, 4.69) is 20.2 Å². The van der Waals surface area contributed by atoms with Crippen LogP contribution in [0.2, 0.25) is 0 Å². The number of pyridine rings is 1. The number of carboxylic acids is 1. The normalized spacial score (nSPS) is 16.5. The van der Waals surface area contributed by atoms with E-state index in [1.54, 1.807) is 24.3 Å². The van der Waals surface area contributed by atoms with Crippen LogP contribution in [0.3, 0.4) is 0 Å². The highest BCUT2D eigenvalue weighted by molar-refractivity contribution is 5.92. The predicted molar refractivity (Wildman–Crippen MR) is 144 cm³/mol. The lowest BCUT2D eigenvalue weighted by Crippen LogP contribution is -2.31. The topological polar surface area (TPSA) is 125 Å². The maximum absolute atomic E-state index is 15.4. The number of aromatic nitrogens is 5. The van der Waals surface area contributed by atoms with E-state index in [4.69, 9.17) is 13.9 Å². The molecule has 2 fully saturated rings. The molecule has 1 atom stereocenters. The van der Waals surface area contributed by atoms with Gasteiger partial charge in [0, 0.05) is 30.6 Å². The second kappa shape index (κ2) is 10.6. The number of nitrogens with zero attached hydrogens (tertiary/aromatic N) is 5. The molecule has 1 unspecified atom stereocenters. The van der Waals surface area contributed by atoms with Crippen molar-refractivity contribution in [2.45, 2.75) is 50.9 Å². The van der Waals surface area contributed by atoms with Gasteiger partial charge in [0.1, 0.15) is 17.5 Å². The summed E-state index contributed by atoms with van der Waals surface area (Å²) in [7, 11) is 0. The molecule has 5 aromatic rings. The summed E-state index contributed by atoms with van der Waals surface area (Å²) in [4.78, 5) is 20.5. The maximum Gasteiger partial charge on any atom is 0.335 e. The highest BCUT2D eigenvalue weighted by Gasteiger charge is 2.29. The summed E-state index contributed by atoms with van der Waals surface area (Å²) in [5, 5.41) is 17.5. The van der Waals surface area contributed by atoms with Crippen LogP contribution < -0.4 is 4.74 Å². The zero-order chi connectivity index (χ0) is 28.8. The minimum absolute atomic E-state index is 0.00353. The molecule has 3 aromatic heterocycles. The molecule has 0 bridgehead atoms. The Bertz CT molecular complexity index is 1810. The van der Waals surface area contributed by atoms with E-state index in [1.807, 2.05) is 4.57 Å². The molecule has 42 heavy (non-hydrogen) atoms. The Labute approximate surface area is 237 Å². The number of rotatable bonds is 10. The smallest absolute Gasteiger partial charge is 0.335 e. The first-order chi connectivity index (χ1) is 20.4. The number of hydrogen-bond donors (Lipinski definition) is 1. The van der Waals surface area contributed by atoms with E-state index < -0.39 is 17.6 Å². The molecule has 0 spiro atoms. The number of halogens is 2. The van der Waals surface area contributed by atoms with Crippen LogP contribution in [0.5, 0.6) is 5.88 Å². The first kappa shape index (κ1) is 26.2. The first-order valence-electron chi connectivity index (χ1n) is 13.7. The van der Waals surface area contributed by atoms with Gasteiger partial charge in [0.15, 0.2) is 6.61 Å². The third-order valence-electron chi connectivity index (χ3n) is 7.49. The average molecular weight is 574 g/mol. The lowest BCUT2D eigenvalue weighted by molar-refractivity contribution is -0.0589. The Morgan fingerprint density at radius 2 is 1.90 bits per heavy atom. The highest BCUT2D eigenvalue weighted by atomic mass is 19.1. The fourth-order valence-electron chi connectivity index (χ4n) is 4.97. The zero-order valence-electron chi connectivity index (χ0n) is 22.3. The SMILES string of the molecule is O=C(O)c1ccc2nc(Cc3cc(F)c(-c4cccc(OCc5nnc(C6CC6)o5)n4)cc3F)n(CC3CCO3)c2c1. The number of imidazole rings is 1. The summed E-state index contributed by atoms with van der Waals surface area (Å²) in [6.07, 6.45) is 2.86. The van der Waals surface area contributed by atoms with Crippen molar-refractivity contribution in [2.75, 3.05) is 6.61 Å². The van der Waals surface area contributed by atoms with Crippen molar-refractivity contribution in [1.82, 2.24) is 24.7 Å². The molecule has 1 saturated heterocycles. The molecule has 4 heterocycles. The van der Waals surface area contributed by atoms with E-state index in [0.717, 1.165) is 31.4 Å². The third-order valence-corrected chi connectivity index (χ3v) is 7.49. The number of carbonyl (C=O) groups is 1. The number of benzene rings is 2. The molecule has 1 N–H and O–H groups in total. The largest absolute Gasteiger partial charge is 0.478 e. The van der Waals surface area contributed by atoms with Gasteiger partial charge < -0.3 is 23.6 Å². The van der Waals surface area contributed by atoms with E-state index in [0.29, 0.717) is 47.7 Å². The van der Waals surface area contributed by atoms with Crippen molar-refractivity contribution in [3.05, 3.63) is 88.9 Å². The Balaban J connectivity index is 1.14.